The van der Waals surface area contributed by atoms with Crippen LogP contribution in [0.4, 0.5) is 10.1 Å². The summed E-state index contributed by atoms with van der Waals surface area (Å²) in [4.78, 5) is 28.4. The fraction of sp³-hybridized carbons (Fsp3) is 0.154. The molecule has 32 heavy (non-hydrogen) atoms. The summed E-state index contributed by atoms with van der Waals surface area (Å²) in [5.74, 6) is -0.133. The summed E-state index contributed by atoms with van der Waals surface area (Å²) in [7, 11) is 0. The van der Waals surface area contributed by atoms with Crippen molar-refractivity contribution < 1.29 is 18.3 Å². The molecule has 1 aliphatic rings. The van der Waals surface area contributed by atoms with Crippen LogP contribution in [0.3, 0.4) is 0 Å². The number of halogens is 1. The minimum absolute atomic E-state index is 0.00864. The zero-order valence-corrected chi connectivity index (χ0v) is 17.4. The Bertz CT molecular complexity index is 1360. The molecule has 0 N–H and O–H groups in total. The fourth-order valence-corrected chi connectivity index (χ4v) is 4.07. The van der Waals surface area contributed by atoms with Crippen molar-refractivity contribution in [1.29, 1.82) is 0 Å². The van der Waals surface area contributed by atoms with Crippen LogP contribution in [0.1, 0.15) is 41.1 Å². The molecule has 0 saturated heterocycles. The number of hydrogen-bond acceptors (Lipinski definition) is 4. The van der Waals surface area contributed by atoms with E-state index < -0.39 is 17.8 Å². The molecule has 4 aromatic rings. The Kier molecular flexibility index (Phi) is 4.98. The molecule has 0 saturated carbocycles. The Labute approximate surface area is 183 Å². The molecule has 3 aromatic carbocycles. The fourth-order valence-electron chi connectivity index (χ4n) is 4.07. The van der Waals surface area contributed by atoms with Crippen LogP contribution in [-0.4, -0.2) is 12.5 Å². The molecule has 1 aliphatic heterocycles. The third-order valence-corrected chi connectivity index (χ3v) is 5.55. The van der Waals surface area contributed by atoms with E-state index in [9.17, 15) is 14.0 Å². The highest BCUT2D eigenvalue weighted by Crippen LogP contribution is 2.41. The van der Waals surface area contributed by atoms with Gasteiger partial charge in [0.25, 0.3) is 5.91 Å². The summed E-state index contributed by atoms with van der Waals surface area (Å²) < 4.78 is 25.1. The Morgan fingerprint density at radius 1 is 0.969 bits per heavy atom. The molecule has 2 heterocycles. The van der Waals surface area contributed by atoms with Gasteiger partial charge >= 0.3 is 0 Å². The highest BCUT2D eigenvalue weighted by Gasteiger charge is 2.43. The van der Waals surface area contributed by atoms with Gasteiger partial charge in [-0.1, -0.05) is 31.2 Å². The standard InChI is InChI=1S/C26H20FNO4/c1-2-15-31-19-13-7-16(8-14-19)23-22-24(29)20-5-3-4-6-21(20)32-25(22)26(30)28(23)18-11-9-17(27)10-12-18/h3-14,23H,2,15H2,1H3. The van der Waals surface area contributed by atoms with Crippen LogP contribution < -0.4 is 15.1 Å². The van der Waals surface area contributed by atoms with E-state index >= 15 is 0 Å². The summed E-state index contributed by atoms with van der Waals surface area (Å²) in [5.41, 5.74) is 1.58. The molecule has 0 spiro atoms. The van der Waals surface area contributed by atoms with E-state index in [1.165, 1.54) is 29.2 Å². The van der Waals surface area contributed by atoms with E-state index in [1.807, 2.05) is 31.2 Å². The van der Waals surface area contributed by atoms with Crippen molar-refractivity contribution in [2.24, 2.45) is 0 Å². The van der Waals surface area contributed by atoms with E-state index in [-0.39, 0.29) is 16.8 Å². The van der Waals surface area contributed by atoms with Gasteiger partial charge in [-0.2, -0.15) is 0 Å². The molecule has 0 fully saturated rings. The molecule has 6 heteroatoms. The van der Waals surface area contributed by atoms with E-state index in [4.69, 9.17) is 9.15 Å². The maximum absolute atomic E-state index is 13.6. The Morgan fingerprint density at radius 3 is 2.41 bits per heavy atom. The van der Waals surface area contributed by atoms with E-state index in [0.29, 0.717) is 29.0 Å². The van der Waals surface area contributed by atoms with Crippen LogP contribution >= 0.6 is 0 Å². The van der Waals surface area contributed by atoms with Crippen LogP contribution in [0, 0.1) is 5.82 Å². The summed E-state index contributed by atoms with van der Waals surface area (Å²) >= 11 is 0. The first-order chi connectivity index (χ1) is 15.6. The molecule has 0 bridgehead atoms. The molecule has 160 valence electrons. The van der Waals surface area contributed by atoms with Crippen LogP contribution in [-0.2, 0) is 0 Å². The average Bonchev–Trinajstić information content (AvgIpc) is 3.11. The van der Waals surface area contributed by atoms with Gasteiger partial charge in [-0.15, -0.1) is 0 Å². The lowest BCUT2D eigenvalue weighted by atomic mass is 9.98. The molecule has 1 unspecified atom stereocenters. The van der Waals surface area contributed by atoms with Crippen molar-refractivity contribution in [3.63, 3.8) is 0 Å². The SMILES string of the molecule is CCCOc1ccc(C2c3c(oc4ccccc4c3=O)C(=O)N2c2ccc(F)cc2)cc1. The predicted octanol–water partition coefficient (Wildman–Crippen LogP) is 5.47. The van der Waals surface area contributed by atoms with Gasteiger partial charge in [0.15, 0.2) is 5.43 Å². The second kappa shape index (κ2) is 7.96. The third kappa shape index (κ3) is 3.24. The Hall–Kier alpha value is -3.93. The minimum Gasteiger partial charge on any atom is -0.494 e. The lowest BCUT2D eigenvalue weighted by molar-refractivity contribution is 0.0971. The molecule has 0 aliphatic carbocycles. The molecule has 1 atom stereocenters. The van der Waals surface area contributed by atoms with Crippen LogP contribution in [0.5, 0.6) is 5.75 Å². The summed E-state index contributed by atoms with van der Waals surface area (Å²) in [6.07, 6.45) is 0.888. The molecule has 5 nitrogen and oxygen atoms in total. The van der Waals surface area contributed by atoms with Crippen molar-refractivity contribution in [1.82, 2.24) is 0 Å². The number of anilines is 1. The van der Waals surface area contributed by atoms with Crippen molar-refractivity contribution in [3.05, 3.63) is 106 Å². The van der Waals surface area contributed by atoms with Gasteiger partial charge in [0.1, 0.15) is 17.1 Å². The quantitative estimate of drug-likeness (QED) is 0.422. The molecule has 1 aromatic heterocycles. The van der Waals surface area contributed by atoms with E-state index in [1.54, 1.807) is 24.3 Å². The number of hydrogen-bond donors (Lipinski definition) is 0. The van der Waals surface area contributed by atoms with Crippen molar-refractivity contribution in [3.8, 4) is 5.75 Å². The number of carbonyl (C=O) groups is 1. The predicted molar refractivity (Wildman–Crippen MR) is 120 cm³/mol. The first-order valence-corrected chi connectivity index (χ1v) is 10.5. The number of para-hydroxylation sites is 1. The number of fused-ring (bicyclic) bond motifs is 2. The average molecular weight is 429 g/mol. The number of nitrogens with zero attached hydrogens (tertiary/aromatic N) is 1. The monoisotopic (exact) mass is 429 g/mol. The number of ether oxygens (including phenoxy) is 1. The maximum atomic E-state index is 13.6. The molecule has 1 amide bonds. The lowest BCUT2D eigenvalue weighted by Crippen LogP contribution is -2.29. The smallest absolute Gasteiger partial charge is 0.295 e. The van der Waals surface area contributed by atoms with Crippen molar-refractivity contribution >= 4 is 22.6 Å². The van der Waals surface area contributed by atoms with Gasteiger partial charge in [-0.3, -0.25) is 14.5 Å². The van der Waals surface area contributed by atoms with Gasteiger partial charge < -0.3 is 9.15 Å². The topological polar surface area (TPSA) is 59.8 Å². The number of rotatable bonds is 5. The molecular formula is C26H20FNO4. The number of amides is 1. The summed E-state index contributed by atoms with van der Waals surface area (Å²) in [5, 5.41) is 0.410. The lowest BCUT2D eigenvalue weighted by Gasteiger charge is -2.25. The zero-order chi connectivity index (χ0) is 22.2. The Morgan fingerprint density at radius 2 is 1.69 bits per heavy atom. The highest BCUT2D eigenvalue weighted by molar-refractivity contribution is 6.10. The number of carbonyl (C=O) groups excluding carboxylic acids is 1. The van der Waals surface area contributed by atoms with Gasteiger partial charge in [0.05, 0.1) is 23.6 Å². The van der Waals surface area contributed by atoms with Crippen molar-refractivity contribution in [2.45, 2.75) is 19.4 Å². The van der Waals surface area contributed by atoms with Gasteiger partial charge in [-0.25, -0.2) is 4.39 Å². The third-order valence-electron chi connectivity index (χ3n) is 5.55. The van der Waals surface area contributed by atoms with Crippen molar-refractivity contribution in [2.75, 3.05) is 11.5 Å². The molecule has 0 radical (unpaired) electrons. The van der Waals surface area contributed by atoms with Gasteiger partial charge in [-0.05, 0) is 60.5 Å². The zero-order valence-electron chi connectivity index (χ0n) is 17.4. The minimum atomic E-state index is -0.705. The largest absolute Gasteiger partial charge is 0.494 e. The highest BCUT2D eigenvalue weighted by atomic mass is 19.1. The number of benzene rings is 3. The first-order valence-electron chi connectivity index (χ1n) is 10.5. The van der Waals surface area contributed by atoms with Crippen LogP contribution in [0.15, 0.2) is 82.0 Å². The summed E-state index contributed by atoms with van der Waals surface area (Å²) in [6.45, 7) is 2.63. The van der Waals surface area contributed by atoms with E-state index in [0.717, 1.165) is 12.0 Å². The second-order valence-electron chi connectivity index (χ2n) is 7.64. The second-order valence-corrected chi connectivity index (χ2v) is 7.64. The van der Waals surface area contributed by atoms with Crippen LogP contribution in [0.2, 0.25) is 0 Å². The van der Waals surface area contributed by atoms with E-state index in [2.05, 4.69) is 0 Å². The summed E-state index contributed by atoms with van der Waals surface area (Å²) in [6, 6.07) is 19.1. The molecule has 5 rings (SSSR count). The van der Waals surface area contributed by atoms with Gasteiger partial charge in [0, 0.05) is 5.69 Å². The first kappa shape index (κ1) is 20.0. The normalized spacial score (nSPS) is 15.2. The van der Waals surface area contributed by atoms with Gasteiger partial charge in [0.2, 0.25) is 5.76 Å². The Balaban J connectivity index is 1.70. The maximum Gasteiger partial charge on any atom is 0.295 e. The molecular weight excluding hydrogens is 409 g/mol. The van der Waals surface area contributed by atoms with Crippen LogP contribution in [0.25, 0.3) is 11.0 Å².